The summed E-state index contributed by atoms with van der Waals surface area (Å²) >= 11 is 6.00. The number of hydrogen-bond donors (Lipinski definition) is 0. The number of pyridine rings is 1. The van der Waals surface area contributed by atoms with Gasteiger partial charge in [-0.05, 0) is 35.8 Å². The highest BCUT2D eigenvalue weighted by molar-refractivity contribution is 6.30. The predicted molar refractivity (Wildman–Crippen MR) is 62.3 cm³/mol. The van der Waals surface area contributed by atoms with Crippen LogP contribution in [0.3, 0.4) is 0 Å². The van der Waals surface area contributed by atoms with Gasteiger partial charge in [0.1, 0.15) is 11.2 Å². The van der Waals surface area contributed by atoms with Crippen LogP contribution in [-0.4, -0.2) is 4.98 Å². The molecule has 1 aromatic heterocycles. The molecule has 2 nitrogen and oxygen atoms in total. The molecule has 0 amide bonds. The molecule has 2 atom stereocenters. The SMILES string of the molecule is CC1(C)[C@H]2Cc3cc(C#N)c(Cl)nc3[C@@H]1C2. The molecule has 1 aromatic rings. The second-order valence-corrected chi connectivity index (χ2v) is 5.85. The van der Waals surface area contributed by atoms with Crippen molar-refractivity contribution in [2.75, 3.05) is 0 Å². The summed E-state index contributed by atoms with van der Waals surface area (Å²) in [6.07, 6.45) is 2.28. The quantitative estimate of drug-likeness (QED) is 0.644. The Kier molecular flexibility index (Phi) is 1.89. The van der Waals surface area contributed by atoms with Crippen molar-refractivity contribution in [3.63, 3.8) is 0 Å². The van der Waals surface area contributed by atoms with E-state index in [2.05, 4.69) is 24.9 Å². The molecule has 3 aliphatic rings. The van der Waals surface area contributed by atoms with Gasteiger partial charge in [0.25, 0.3) is 0 Å². The van der Waals surface area contributed by atoms with E-state index in [1.807, 2.05) is 6.07 Å². The lowest BCUT2D eigenvalue weighted by atomic mass is 9.48. The predicted octanol–water partition coefficient (Wildman–Crippen LogP) is 3.29. The minimum atomic E-state index is 0.359. The first-order valence-electron chi connectivity index (χ1n) is 5.63. The number of nitrogens with zero attached hydrogens (tertiary/aromatic N) is 2. The number of nitriles is 1. The van der Waals surface area contributed by atoms with Crippen LogP contribution in [0.2, 0.25) is 5.15 Å². The third kappa shape index (κ3) is 1.10. The summed E-state index contributed by atoms with van der Waals surface area (Å²) in [6.45, 7) is 4.62. The molecule has 1 fully saturated rings. The van der Waals surface area contributed by atoms with Crippen molar-refractivity contribution in [2.24, 2.45) is 11.3 Å². The first-order valence-corrected chi connectivity index (χ1v) is 6.01. The van der Waals surface area contributed by atoms with Gasteiger partial charge in [-0.15, -0.1) is 0 Å². The maximum atomic E-state index is 8.93. The minimum absolute atomic E-state index is 0.359. The summed E-state index contributed by atoms with van der Waals surface area (Å²) in [4.78, 5) is 4.44. The van der Waals surface area contributed by atoms with Crippen molar-refractivity contribution < 1.29 is 0 Å². The normalized spacial score (nSPS) is 28.9. The van der Waals surface area contributed by atoms with Crippen LogP contribution in [0.1, 0.15) is 43.0 Å². The van der Waals surface area contributed by atoms with Gasteiger partial charge in [-0.2, -0.15) is 5.26 Å². The van der Waals surface area contributed by atoms with Crippen LogP contribution in [0.25, 0.3) is 0 Å². The highest BCUT2D eigenvalue weighted by atomic mass is 35.5. The standard InChI is InChI=1S/C13H13ClN2/c1-13(2)9-4-7-3-8(6-15)12(14)16-11(7)10(13)5-9/h3,9-10H,4-5H2,1-2H3/t9-,10-/m0/s1. The molecular formula is C13H13ClN2. The van der Waals surface area contributed by atoms with E-state index in [4.69, 9.17) is 16.9 Å². The Labute approximate surface area is 100 Å². The highest BCUT2D eigenvalue weighted by Gasteiger charge is 2.53. The number of aromatic nitrogens is 1. The van der Waals surface area contributed by atoms with Crippen LogP contribution in [0.15, 0.2) is 6.07 Å². The van der Waals surface area contributed by atoms with E-state index < -0.39 is 0 Å². The van der Waals surface area contributed by atoms with Gasteiger partial charge in [-0.25, -0.2) is 4.98 Å². The van der Waals surface area contributed by atoms with Crippen LogP contribution in [-0.2, 0) is 6.42 Å². The summed E-state index contributed by atoms with van der Waals surface area (Å²) in [7, 11) is 0. The maximum absolute atomic E-state index is 8.93. The van der Waals surface area contributed by atoms with Crippen molar-refractivity contribution in [1.29, 1.82) is 5.26 Å². The van der Waals surface area contributed by atoms with Gasteiger partial charge in [0, 0.05) is 11.6 Å². The van der Waals surface area contributed by atoms with Crippen molar-refractivity contribution in [3.05, 3.63) is 28.0 Å². The van der Waals surface area contributed by atoms with E-state index in [1.165, 1.54) is 12.0 Å². The molecule has 0 N–H and O–H groups in total. The Morgan fingerprint density at radius 3 is 2.94 bits per heavy atom. The third-order valence-electron chi connectivity index (χ3n) is 4.48. The Morgan fingerprint density at radius 2 is 2.31 bits per heavy atom. The first-order chi connectivity index (χ1) is 7.54. The summed E-state index contributed by atoms with van der Waals surface area (Å²) in [5, 5.41) is 9.29. The molecule has 4 rings (SSSR count). The van der Waals surface area contributed by atoms with Crippen LogP contribution >= 0.6 is 11.6 Å². The largest absolute Gasteiger partial charge is 0.239 e. The lowest BCUT2D eigenvalue weighted by Crippen LogP contribution is -2.48. The molecule has 0 spiro atoms. The van der Waals surface area contributed by atoms with Gasteiger partial charge in [-0.1, -0.05) is 25.4 Å². The molecule has 3 heteroatoms. The van der Waals surface area contributed by atoms with Gasteiger partial charge >= 0.3 is 0 Å². The molecule has 1 heterocycles. The first kappa shape index (κ1) is 10.1. The van der Waals surface area contributed by atoms with E-state index in [0.29, 0.717) is 22.0 Å². The summed E-state index contributed by atoms with van der Waals surface area (Å²) < 4.78 is 0. The second kappa shape index (κ2) is 2.99. The number of halogens is 1. The van der Waals surface area contributed by atoms with Gasteiger partial charge in [-0.3, -0.25) is 0 Å². The third-order valence-corrected chi connectivity index (χ3v) is 4.76. The van der Waals surface area contributed by atoms with E-state index >= 15 is 0 Å². The molecule has 0 aromatic carbocycles. The summed E-state index contributed by atoms with van der Waals surface area (Å²) in [5.74, 6) is 1.28. The lowest BCUT2D eigenvalue weighted by molar-refractivity contribution is 0.0155. The van der Waals surface area contributed by atoms with Gasteiger partial charge in [0.2, 0.25) is 0 Å². The van der Waals surface area contributed by atoms with Crippen LogP contribution < -0.4 is 0 Å². The highest BCUT2D eigenvalue weighted by Crippen LogP contribution is 2.61. The van der Waals surface area contributed by atoms with Crippen molar-refractivity contribution in [2.45, 2.75) is 32.6 Å². The maximum Gasteiger partial charge on any atom is 0.147 e. The van der Waals surface area contributed by atoms with Crippen LogP contribution in [0.5, 0.6) is 0 Å². The molecule has 2 bridgehead atoms. The van der Waals surface area contributed by atoms with Gasteiger partial charge in [0.15, 0.2) is 0 Å². The fraction of sp³-hybridized carbons (Fsp3) is 0.538. The molecule has 82 valence electrons. The molecule has 3 aliphatic carbocycles. The Balaban J connectivity index is 2.15. The van der Waals surface area contributed by atoms with Gasteiger partial charge in [0.05, 0.1) is 5.56 Å². The Hall–Kier alpha value is -1.07. The molecular weight excluding hydrogens is 220 g/mol. The van der Waals surface area contributed by atoms with E-state index in [1.54, 1.807) is 0 Å². The minimum Gasteiger partial charge on any atom is -0.239 e. The lowest BCUT2D eigenvalue weighted by Gasteiger charge is -2.56. The van der Waals surface area contributed by atoms with Crippen molar-refractivity contribution in [1.82, 2.24) is 4.98 Å². The monoisotopic (exact) mass is 232 g/mol. The molecule has 0 saturated heterocycles. The number of rotatable bonds is 0. The number of hydrogen-bond acceptors (Lipinski definition) is 2. The zero-order valence-electron chi connectivity index (χ0n) is 9.42. The Bertz CT molecular complexity index is 513. The average molecular weight is 233 g/mol. The van der Waals surface area contributed by atoms with Crippen molar-refractivity contribution >= 4 is 11.6 Å². The fourth-order valence-corrected chi connectivity index (χ4v) is 3.37. The molecule has 1 saturated carbocycles. The van der Waals surface area contributed by atoms with Gasteiger partial charge < -0.3 is 0 Å². The van der Waals surface area contributed by atoms with Crippen molar-refractivity contribution in [3.8, 4) is 6.07 Å². The Morgan fingerprint density at radius 1 is 1.56 bits per heavy atom. The van der Waals surface area contributed by atoms with Crippen LogP contribution in [0.4, 0.5) is 0 Å². The molecule has 0 unspecified atom stereocenters. The summed E-state index contributed by atoms with van der Waals surface area (Å²) in [5.41, 5.74) is 3.25. The van der Waals surface area contributed by atoms with Crippen LogP contribution in [0, 0.1) is 22.7 Å². The molecule has 16 heavy (non-hydrogen) atoms. The average Bonchev–Trinajstić information content (AvgIpc) is 2.26. The second-order valence-electron chi connectivity index (χ2n) is 5.49. The van der Waals surface area contributed by atoms with E-state index in [0.717, 1.165) is 18.0 Å². The van der Waals surface area contributed by atoms with E-state index in [9.17, 15) is 0 Å². The fourth-order valence-electron chi connectivity index (χ4n) is 3.18. The molecule has 0 radical (unpaired) electrons. The zero-order chi connectivity index (χ0) is 11.5. The molecule has 0 aliphatic heterocycles. The zero-order valence-corrected chi connectivity index (χ0v) is 10.2. The van der Waals surface area contributed by atoms with E-state index in [-0.39, 0.29) is 0 Å². The summed E-state index contributed by atoms with van der Waals surface area (Å²) in [6, 6.07) is 4.03. The smallest absolute Gasteiger partial charge is 0.147 e. The topological polar surface area (TPSA) is 36.7 Å².